The molecule has 156 valence electrons. The third kappa shape index (κ3) is 5.27. The van der Waals surface area contributed by atoms with Crippen LogP contribution in [0.3, 0.4) is 0 Å². The van der Waals surface area contributed by atoms with Crippen molar-refractivity contribution < 1.29 is 22.7 Å². The maximum Gasteiger partial charge on any atom is 0.341 e. The molecule has 1 N–H and O–H groups in total. The summed E-state index contributed by atoms with van der Waals surface area (Å²) in [5.74, 6) is -1.48. The molecule has 0 aliphatic rings. The van der Waals surface area contributed by atoms with Gasteiger partial charge in [-0.2, -0.15) is 0 Å². The predicted octanol–water partition coefficient (Wildman–Crippen LogP) is 3.74. The molecule has 0 aliphatic heterocycles. The van der Waals surface area contributed by atoms with E-state index in [9.17, 15) is 18.0 Å². The fourth-order valence-electron chi connectivity index (χ4n) is 2.31. The Morgan fingerprint density at radius 1 is 1.10 bits per heavy atom. The first-order valence-corrected chi connectivity index (χ1v) is 10.6. The molecule has 0 spiro atoms. The Morgan fingerprint density at radius 3 is 2.24 bits per heavy atom. The van der Waals surface area contributed by atoms with Gasteiger partial charge >= 0.3 is 5.97 Å². The van der Waals surface area contributed by atoms with Gasteiger partial charge in [-0.15, -0.1) is 0 Å². The van der Waals surface area contributed by atoms with Crippen LogP contribution in [0, 0.1) is 6.92 Å². The Balaban J connectivity index is 2.19. The number of nitrogens with one attached hydrogen (secondary N) is 1. The minimum atomic E-state index is -3.67. The molecule has 0 aliphatic carbocycles. The number of ether oxygens (including phenoxy) is 1. The third-order valence-electron chi connectivity index (χ3n) is 4.07. The van der Waals surface area contributed by atoms with Crippen molar-refractivity contribution in [2.45, 2.75) is 24.8 Å². The normalized spacial score (nSPS) is 12.5. The Hall–Kier alpha value is -2.13. The fourth-order valence-corrected chi connectivity index (χ4v) is 3.79. The molecule has 2 rings (SSSR count). The second-order valence-electron chi connectivity index (χ2n) is 6.40. The van der Waals surface area contributed by atoms with Crippen molar-refractivity contribution in [1.29, 1.82) is 0 Å². The molecular weight excluding hydrogens is 439 g/mol. The first-order chi connectivity index (χ1) is 13.4. The molecule has 0 saturated carbocycles. The lowest BCUT2D eigenvalue weighted by atomic mass is 10.2. The first kappa shape index (κ1) is 23.2. The van der Waals surface area contributed by atoms with Crippen LogP contribution in [0.4, 0.5) is 5.69 Å². The molecule has 0 aromatic heterocycles. The van der Waals surface area contributed by atoms with Gasteiger partial charge in [-0.3, -0.25) is 4.79 Å². The van der Waals surface area contributed by atoms with Gasteiger partial charge in [-0.05, 0) is 43.7 Å². The molecule has 2 aromatic carbocycles. The number of anilines is 1. The van der Waals surface area contributed by atoms with E-state index in [-0.39, 0.29) is 26.2 Å². The lowest BCUT2D eigenvalue weighted by Gasteiger charge is -2.17. The smallest absolute Gasteiger partial charge is 0.341 e. The van der Waals surface area contributed by atoms with Crippen molar-refractivity contribution in [1.82, 2.24) is 4.31 Å². The topological polar surface area (TPSA) is 92.8 Å². The highest BCUT2D eigenvalue weighted by Gasteiger charge is 2.24. The molecule has 2 aromatic rings. The molecule has 0 bridgehead atoms. The number of aryl methyl sites for hydroxylation is 1. The van der Waals surface area contributed by atoms with E-state index in [0.717, 1.165) is 4.31 Å². The van der Waals surface area contributed by atoms with Crippen LogP contribution in [-0.4, -0.2) is 44.8 Å². The van der Waals surface area contributed by atoms with E-state index in [4.69, 9.17) is 27.9 Å². The van der Waals surface area contributed by atoms with E-state index in [1.54, 1.807) is 19.1 Å². The van der Waals surface area contributed by atoms with Crippen LogP contribution in [-0.2, 0) is 19.6 Å². The van der Waals surface area contributed by atoms with Gasteiger partial charge in [0.25, 0.3) is 5.91 Å². The summed E-state index contributed by atoms with van der Waals surface area (Å²) >= 11 is 12.0. The van der Waals surface area contributed by atoms with Crippen molar-refractivity contribution in [2.24, 2.45) is 0 Å². The summed E-state index contributed by atoms with van der Waals surface area (Å²) in [7, 11) is -0.846. The minimum absolute atomic E-state index is 0.0240. The number of hydrogen-bond donors (Lipinski definition) is 1. The zero-order valence-corrected chi connectivity index (χ0v) is 18.5. The van der Waals surface area contributed by atoms with Crippen molar-refractivity contribution in [3.8, 4) is 0 Å². The van der Waals surface area contributed by atoms with E-state index in [2.05, 4.69) is 5.32 Å². The number of nitrogens with zero attached hydrogens (tertiary/aromatic N) is 1. The van der Waals surface area contributed by atoms with Crippen LogP contribution in [0.15, 0.2) is 41.3 Å². The Kier molecular flexibility index (Phi) is 7.29. The zero-order chi connectivity index (χ0) is 21.9. The highest BCUT2D eigenvalue weighted by atomic mass is 35.5. The quantitative estimate of drug-likeness (QED) is 0.665. The molecule has 0 fully saturated rings. The van der Waals surface area contributed by atoms with Crippen molar-refractivity contribution in [2.75, 3.05) is 19.4 Å². The number of carbonyl (C=O) groups excluding carboxylic acids is 2. The van der Waals surface area contributed by atoms with E-state index < -0.39 is 28.0 Å². The molecular formula is C19H20Cl2N2O5S. The number of amides is 1. The Labute approximate surface area is 179 Å². The number of benzene rings is 2. The average molecular weight is 459 g/mol. The van der Waals surface area contributed by atoms with Crippen LogP contribution in [0.1, 0.15) is 22.8 Å². The highest BCUT2D eigenvalue weighted by Crippen LogP contribution is 2.26. The van der Waals surface area contributed by atoms with Gasteiger partial charge in [0, 0.05) is 19.8 Å². The molecule has 10 heteroatoms. The molecule has 1 unspecified atom stereocenters. The number of esters is 1. The van der Waals surface area contributed by atoms with Crippen LogP contribution in [0.2, 0.25) is 10.0 Å². The standard InChI is InChI=1S/C19H20Cl2N2O5S/c1-11-8-9-13(29(26,27)23(3)4)10-16(11)22-18(24)12(2)28-19(25)17-14(20)6-5-7-15(17)21/h5-10,12H,1-4H3,(H,22,24). The summed E-state index contributed by atoms with van der Waals surface area (Å²) in [6, 6.07) is 8.91. The summed E-state index contributed by atoms with van der Waals surface area (Å²) in [4.78, 5) is 24.8. The molecule has 1 amide bonds. The van der Waals surface area contributed by atoms with Crippen LogP contribution < -0.4 is 5.32 Å². The maximum atomic E-state index is 12.5. The van der Waals surface area contributed by atoms with Gasteiger partial charge in [0.05, 0.1) is 20.5 Å². The molecule has 29 heavy (non-hydrogen) atoms. The zero-order valence-electron chi connectivity index (χ0n) is 16.2. The van der Waals surface area contributed by atoms with Crippen molar-refractivity contribution >= 4 is 50.8 Å². The van der Waals surface area contributed by atoms with Crippen LogP contribution in [0.5, 0.6) is 0 Å². The summed E-state index contributed by atoms with van der Waals surface area (Å²) in [5.41, 5.74) is 0.895. The lowest BCUT2D eigenvalue weighted by molar-refractivity contribution is -0.123. The van der Waals surface area contributed by atoms with Gasteiger partial charge in [0.2, 0.25) is 10.0 Å². The van der Waals surface area contributed by atoms with Gasteiger partial charge < -0.3 is 10.1 Å². The number of carbonyl (C=O) groups is 2. The van der Waals surface area contributed by atoms with Gasteiger partial charge in [-0.25, -0.2) is 17.5 Å². The van der Waals surface area contributed by atoms with Crippen molar-refractivity contribution in [3.63, 3.8) is 0 Å². The van der Waals surface area contributed by atoms with Crippen LogP contribution >= 0.6 is 23.2 Å². The van der Waals surface area contributed by atoms with E-state index in [1.165, 1.54) is 45.3 Å². The fraction of sp³-hybridized carbons (Fsp3) is 0.263. The maximum absolute atomic E-state index is 12.5. The number of hydrogen-bond acceptors (Lipinski definition) is 5. The first-order valence-electron chi connectivity index (χ1n) is 8.44. The number of sulfonamides is 1. The summed E-state index contributed by atoms with van der Waals surface area (Å²) in [5, 5.41) is 2.79. The second-order valence-corrected chi connectivity index (χ2v) is 9.36. The highest BCUT2D eigenvalue weighted by molar-refractivity contribution is 7.89. The molecule has 0 heterocycles. The van der Waals surface area contributed by atoms with E-state index in [0.29, 0.717) is 5.56 Å². The largest absolute Gasteiger partial charge is 0.449 e. The Bertz CT molecular complexity index is 1030. The summed E-state index contributed by atoms with van der Waals surface area (Å²) in [6.45, 7) is 3.09. The minimum Gasteiger partial charge on any atom is -0.449 e. The SMILES string of the molecule is Cc1ccc(S(=O)(=O)N(C)C)cc1NC(=O)C(C)OC(=O)c1c(Cl)cccc1Cl. The monoisotopic (exact) mass is 458 g/mol. The predicted molar refractivity (Wildman–Crippen MR) is 112 cm³/mol. The van der Waals surface area contributed by atoms with E-state index in [1.807, 2.05) is 0 Å². The molecule has 0 saturated heterocycles. The molecule has 0 radical (unpaired) electrons. The van der Waals surface area contributed by atoms with E-state index >= 15 is 0 Å². The third-order valence-corrected chi connectivity index (χ3v) is 6.51. The average Bonchev–Trinajstić information content (AvgIpc) is 2.62. The molecule has 1 atom stereocenters. The number of rotatable bonds is 6. The number of halogens is 2. The van der Waals surface area contributed by atoms with Gasteiger partial charge in [0.1, 0.15) is 0 Å². The molecule has 7 nitrogen and oxygen atoms in total. The van der Waals surface area contributed by atoms with Crippen LogP contribution in [0.25, 0.3) is 0 Å². The van der Waals surface area contributed by atoms with Gasteiger partial charge in [-0.1, -0.05) is 35.3 Å². The van der Waals surface area contributed by atoms with Gasteiger partial charge in [0.15, 0.2) is 6.10 Å². The summed E-state index contributed by atoms with van der Waals surface area (Å²) in [6.07, 6.45) is -1.18. The summed E-state index contributed by atoms with van der Waals surface area (Å²) < 4.78 is 30.8. The second kappa shape index (κ2) is 9.13. The lowest BCUT2D eigenvalue weighted by Crippen LogP contribution is -2.30. The van der Waals surface area contributed by atoms with Crippen molar-refractivity contribution in [3.05, 3.63) is 57.6 Å². The Morgan fingerprint density at radius 2 is 1.69 bits per heavy atom.